The number of benzene rings is 2. The molecular weight excluding hydrogens is 372 g/mol. The number of primary amides is 1. The van der Waals surface area contributed by atoms with E-state index in [1.165, 1.54) is 16.7 Å². The van der Waals surface area contributed by atoms with Gasteiger partial charge in [-0.1, -0.05) is 43.3 Å². The number of Topliss-reactive ketones (excluding diaryl/α,β-unsaturated/α-hetero) is 1. The molecule has 0 radical (unpaired) electrons. The first-order valence-corrected chi connectivity index (χ1v) is 8.79. The normalized spacial score (nSPS) is 14.2. The van der Waals surface area contributed by atoms with E-state index in [-0.39, 0.29) is 34.3 Å². The Labute approximate surface area is 175 Å². The monoisotopic (exact) mass is 399 g/mol. The molecule has 0 aliphatic heterocycles. The lowest BCUT2D eigenvalue weighted by Crippen LogP contribution is -2.24. The molecule has 1 amide bonds. The lowest BCUT2D eigenvalue weighted by molar-refractivity contribution is -0.142. The summed E-state index contributed by atoms with van der Waals surface area (Å²) in [6.45, 7) is -1.24. The fraction of sp³-hybridized carbons (Fsp3) is 0.227. The van der Waals surface area contributed by atoms with Crippen molar-refractivity contribution >= 4 is 28.6 Å². The van der Waals surface area contributed by atoms with Gasteiger partial charge in [0.2, 0.25) is 0 Å². The van der Waals surface area contributed by atoms with Gasteiger partial charge >= 0.3 is 5.97 Å². The molecular formula is C22H22N2O5. The van der Waals surface area contributed by atoms with Crippen molar-refractivity contribution in [1.29, 1.82) is 0 Å². The van der Waals surface area contributed by atoms with Gasteiger partial charge in [-0.05, 0) is 24.1 Å². The molecule has 0 saturated carbocycles. The average Bonchev–Trinajstić information content (AvgIpc) is 3.12. The molecule has 2 N–H and O–H groups in total. The van der Waals surface area contributed by atoms with Crippen LogP contribution in [0.15, 0.2) is 48.5 Å². The van der Waals surface area contributed by atoms with Gasteiger partial charge < -0.3 is 19.8 Å². The first-order valence-electron chi connectivity index (χ1n) is 11.3. The second kappa shape index (κ2) is 8.60. The van der Waals surface area contributed by atoms with Crippen molar-refractivity contribution in [2.75, 3.05) is 13.6 Å². The molecule has 7 heteroatoms. The molecule has 0 atom stereocenters. The van der Waals surface area contributed by atoms with E-state index in [1.54, 1.807) is 43.3 Å². The van der Waals surface area contributed by atoms with Gasteiger partial charge in [-0.25, -0.2) is 4.79 Å². The smallest absolute Gasteiger partial charge is 0.343 e. The third-order valence-corrected chi connectivity index (χ3v) is 4.31. The summed E-state index contributed by atoms with van der Waals surface area (Å²) in [7, 11) is -2.95. The van der Waals surface area contributed by atoms with Crippen molar-refractivity contribution in [1.82, 2.24) is 4.57 Å². The summed E-state index contributed by atoms with van der Waals surface area (Å²) < 4.78 is 49.8. The zero-order chi connectivity index (χ0) is 25.3. The van der Waals surface area contributed by atoms with Gasteiger partial charge in [0.15, 0.2) is 6.61 Å². The third-order valence-electron chi connectivity index (χ3n) is 4.31. The number of aromatic nitrogens is 1. The number of fused-ring (bicyclic) bond motifs is 1. The molecule has 150 valence electrons. The van der Waals surface area contributed by atoms with Crippen LogP contribution in [-0.4, -0.2) is 35.9 Å². The van der Waals surface area contributed by atoms with Crippen molar-refractivity contribution in [3.8, 4) is 5.75 Å². The van der Waals surface area contributed by atoms with Crippen LogP contribution in [0.1, 0.15) is 35.4 Å². The van der Waals surface area contributed by atoms with Crippen molar-refractivity contribution in [2.45, 2.75) is 19.8 Å². The molecule has 0 aliphatic rings. The Kier molecular flexibility index (Phi) is 4.27. The maximum atomic E-state index is 12.9. The largest absolute Gasteiger partial charge is 0.481 e. The first kappa shape index (κ1) is 14.4. The number of hydrogen-bond donors (Lipinski definition) is 1. The number of nitrogens with zero attached hydrogens (tertiary/aromatic N) is 1. The number of methoxy groups -OCH3 is 1. The first-order chi connectivity index (χ1) is 15.9. The molecule has 0 bridgehead atoms. The molecule has 0 aliphatic carbocycles. The SMILES string of the molecule is [2H]C([2H])([2H])OC(=O)COc1cccc2c1c(C(=O)C(N)=O)c(CC)n2C([2H])([2H])c1ccccc1. The van der Waals surface area contributed by atoms with Gasteiger partial charge in [0.25, 0.3) is 11.7 Å². The minimum atomic E-state index is -2.95. The standard InChI is InChI=1S/C22H22N2O5/c1-3-15-20(21(26)22(23)27)19-16(24(15)12-14-8-5-4-6-9-14)10-7-11-17(19)29-13-18(25)28-2/h4-11H,3,12-13H2,1-2H3,(H2,23,27)/i2D3,12D2. The Bertz CT molecular complexity index is 1250. The summed E-state index contributed by atoms with van der Waals surface area (Å²) in [6, 6.07) is 12.7. The molecule has 0 fully saturated rings. The third kappa shape index (κ3) is 3.99. The highest BCUT2D eigenvalue weighted by atomic mass is 16.6. The van der Waals surface area contributed by atoms with Gasteiger partial charge in [-0.3, -0.25) is 9.59 Å². The van der Waals surface area contributed by atoms with Crippen LogP contribution in [0.3, 0.4) is 0 Å². The average molecular weight is 399 g/mol. The number of amides is 1. The maximum Gasteiger partial charge on any atom is 0.343 e. The Morgan fingerprint density at radius 3 is 2.55 bits per heavy atom. The number of carbonyl (C=O) groups is 3. The van der Waals surface area contributed by atoms with Crippen LogP contribution < -0.4 is 10.5 Å². The summed E-state index contributed by atoms with van der Waals surface area (Å²) >= 11 is 0. The zero-order valence-corrected chi connectivity index (χ0v) is 15.6. The van der Waals surface area contributed by atoms with Crippen LogP contribution in [0.2, 0.25) is 0 Å². The minimum Gasteiger partial charge on any atom is -0.481 e. The summed E-state index contributed by atoms with van der Waals surface area (Å²) in [4.78, 5) is 36.6. The molecule has 0 spiro atoms. The van der Waals surface area contributed by atoms with Crippen molar-refractivity contribution < 1.29 is 30.7 Å². The number of hydrogen-bond acceptors (Lipinski definition) is 5. The molecule has 1 heterocycles. The van der Waals surface area contributed by atoms with Gasteiger partial charge in [-0.15, -0.1) is 0 Å². The lowest BCUT2D eigenvalue weighted by Gasteiger charge is -2.11. The molecule has 7 nitrogen and oxygen atoms in total. The summed E-state index contributed by atoms with van der Waals surface area (Å²) in [6.07, 6.45) is 0.163. The van der Waals surface area contributed by atoms with E-state index in [1.807, 2.05) is 0 Å². The van der Waals surface area contributed by atoms with E-state index < -0.39 is 37.8 Å². The molecule has 0 saturated heterocycles. The molecule has 3 rings (SSSR count). The van der Waals surface area contributed by atoms with Crippen molar-refractivity contribution in [3.05, 3.63) is 65.4 Å². The maximum absolute atomic E-state index is 12.9. The van der Waals surface area contributed by atoms with Crippen LogP contribution in [-0.2, 0) is 27.2 Å². The Morgan fingerprint density at radius 1 is 1.14 bits per heavy atom. The Hall–Kier alpha value is -3.61. The van der Waals surface area contributed by atoms with Crippen LogP contribution in [0.4, 0.5) is 0 Å². The second-order valence-electron chi connectivity index (χ2n) is 6.09. The summed E-state index contributed by atoms with van der Waals surface area (Å²) in [5, 5.41) is 0.0737. The van der Waals surface area contributed by atoms with Gasteiger partial charge in [0.1, 0.15) is 5.75 Å². The number of esters is 1. The van der Waals surface area contributed by atoms with E-state index in [2.05, 4.69) is 4.74 Å². The van der Waals surface area contributed by atoms with Gasteiger partial charge in [0, 0.05) is 12.2 Å². The molecule has 2 aromatic carbocycles. The van der Waals surface area contributed by atoms with Crippen LogP contribution in [0.25, 0.3) is 10.9 Å². The van der Waals surface area contributed by atoms with E-state index in [9.17, 15) is 14.4 Å². The number of ether oxygens (including phenoxy) is 2. The van der Waals surface area contributed by atoms with Gasteiger partial charge in [-0.2, -0.15) is 0 Å². The Balaban J connectivity index is 2.25. The summed E-state index contributed by atoms with van der Waals surface area (Å²) in [5.41, 5.74) is 5.86. The predicted molar refractivity (Wildman–Crippen MR) is 108 cm³/mol. The number of rotatable bonds is 8. The van der Waals surface area contributed by atoms with Crippen LogP contribution in [0, 0.1) is 0 Å². The van der Waals surface area contributed by atoms with E-state index >= 15 is 0 Å². The zero-order valence-electron chi connectivity index (χ0n) is 20.6. The highest BCUT2D eigenvalue weighted by Gasteiger charge is 2.27. The van der Waals surface area contributed by atoms with Gasteiger partial charge in [0.05, 0.1) is 30.4 Å². The fourth-order valence-electron chi connectivity index (χ4n) is 3.12. The minimum absolute atomic E-state index is 0.0399. The van der Waals surface area contributed by atoms with E-state index in [0.717, 1.165) is 0 Å². The van der Waals surface area contributed by atoms with E-state index in [4.69, 9.17) is 17.3 Å². The van der Waals surface area contributed by atoms with E-state index in [0.29, 0.717) is 5.56 Å². The number of ketones is 1. The van der Waals surface area contributed by atoms with Crippen LogP contribution >= 0.6 is 0 Å². The topological polar surface area (TPSA) is 101 Å². The molecule has 3 aromatic rings. The molecule has 29 heavy (non-hydrogen) atoms. The quantitative estimate of drug-likeness (QED) is 0.356. The van der Waals surface area contributed by atoms with Crippen molar-refractivity contribution in [3.63, 3.8) is 0 Å². The number of nitrogens with two attached hydrogens (primary N) is 1. The highest BCUT2D eigenvalue weighted by Crippen LogP contribution is 2.35. The fourth-order valence-corrected chi connectivity index (χ4v) is 3.12. The number of carbonyl (C=O) groups excluding carboxylic acids is 3. The highest BCUT2D eigenvalue weighted by molar-refractivity contribution is 6.45. The summed E-state index contributed by atoms with van der Waals surface area (Å²) in [5.74, 6) is -3.51. The van der Waals surface area contributed by atoms with Crippen LogP contribution in [0.5, 0.6) is 5.75 Å². The molecule has 1 aromatic heterocycles. The Morgan fingerprint density at radius 2 is 1.90 bits per heavy atom. The second-order valence-corrected chi connectivity index (χ2v) is 6.09. The molecule has 0 unspecified atom stereocenters. The predicted octanol–water partition coefficient (Wildman–Crippen LogP) is 2.47. The lowest BCUT2D eigenvalue weighted by atomic mass is 10.0. The van der Waals surface area contributed by atoms with Crippen molar-refractivity contribution in [2.24, 2.45) is 5.73 Å².